The van der Waals surface area contributed by atoms with Gasteiger partial charge in [0.15, 0.2) is 21.5 Å². The van der Waals surface area contributed by atoms with E-state index in [4.69, 9.17) is 19.2 Å². The number of anilines is 3. The number of carbonyl (C=O) groups excluding carboxylic acids is 1. The van der Waals surface area contributed by atoms with Gasteiger partial charge in [0.25, 0.3) is 0 Å². The van der Waals surface area contributed by atoms with Crippen molar-refractivity contribution in [3.8, 4) is 11.4 Å². The summed E-state index contributed by atoms with van der Waals surface area (Å²) in [6.45, 7) is 3.86. The molecular weight excluding hydrogens is 472 g/mol. The van der Waals surface area contributed by atoms with Gasteiger partial charge in [-0.3, -0.25) is 5.32 Å². The van der Waals surface area contributed by atoms with Crippen LogP contribution in [0.5, 0.6) is 0 Å². The number of nitrogens with one attached hydrogen (secondary N) is 2. The van der Waals surface area contributed by atoms with Gasteiger partial charge >= 0.3 is 6.03 Å². The van der Waals surface area contributed by atoms with Crippen LogP contribution in [0.2, 0.25) is 0 Å². The van der Waals surface area contributed by atoms with Crippen LogP contribution in [0, 0.1) is 0 Å². The molecule has 3 heterocycles. The molecule has 1 saturated heterocycles. The van der Waals surface area contributed by atoms with Gasteiger partial charge < -0.3 is 19.5 Å². The Hall–Kier alpha value is -3.51. The fourth-order valence-electron chi connectivity index (χ4n) is 4.20. The Morgan fingerprint density at radius 3 is 2.54 bits per heavy atom. The molecule has 2 aromatic heterocycles. The maximum absolute atomic E-state index is 12.6. The maximum atomic E-state index is 12.6. The SMILES string of the molecule is C[C@H]1COCCN1c1cc(C2(S(C)(=O)=O)CC2)nc(-c2ccc(NC(=O)Nc3ccon3)cc2)n1. The molecule has 0 unspecified atom stereocenters. The number of benzene rings is 1. The normalized spacial score (nSPS) is 19.3. The largest absolute Gasteiger partial charge is 0.377 e. The molecule has 184 valence electrons. The van der Waals surface area contributed by atoms with Crippen molar-refractivity contribution < 1.29 is 22.5 Å². The van der Waals surface area contributed by atoms with E-state index in [0.29, 0.717) is 67.0 Å². The Kier molecular flexibility index (Phi) is 5.93. The van der Waals surface area contributed by atoms with E-state index in [1.807, 2.05) is 6.07 Å². The van der Waals surface area contributed by atoms with Crippen LogP contribution in [0.3, 0.4) is 0 Å². The van der Waals surface area contributed by atoms with E-state index >= 15 is 0 Å². The molecule has 2 aliphatic rings. The van der Waals surface area contributed by atoms with Gasteiger partial charge in [-0.25, -0.2) is 23.2 Å². The highest BCUT2D eigenvalue weighted by Gasteiger charge is 2.55. The standard InChI is InChI=1S/C23H26N6O5S/c1-15-14-33-12-10-29(15)20-13-18(23(8-9-23)35(2,31)32)25-21(27-20)16-3-5-17(6-4-16)24-22(30)26-19-7-11-34-28-19/h3-7,11,13,15H,8-10,12,14H2,1-2H3,(H2,24,26,28,30)/t15-/m0/s1. The monoisotopic (exact) mass is 498 g/mol. The molecule has 2 amide bonds. The Labute approximate surface area is 202 Å². The first-order chi connectivity index (χ1) is 16.7. The lowest BCUT2D eigenvalue weighted by molar-refractivity contribution is 0.0985. The number of amides is 2. The highest BCUT2D eigenvalue weighted by molar-refractivity contribution is 7.91. The minimum absolute atomic E-state index is 0.0996. The molecule has 1 atom stereocenters. The smallest absolute Gasteiger partial charge is 0.324 e. The summed E-state index contributed by atoms with van der Waals surface area (Å²) in [7, 11) is -3.35. The average molecular weight is 499 g/mol. The van der Waals surface area contributed by atoms with Gasteiger partial charge in [-0.1, -0.05) is 5.16 Å². The second-order valence-electron chi connectivity index (χ2n) is 8.86. The van der Waals surface area contributed by atoms with Crippen LogP contribution in [0.25, 0.3) is 11.4 Å². The van der Waals surface area contributed by atoms with E-state index in [-0.39, 0.29) is 6.04 Å². The van der Waals surface area contributed by atoms with E-state index in [2.05, 4.69) is 27.6 Å². The van der Waals surface area contributed by atoms with Crippen LogP contribution < -0.4 is 15.5 Å². The summed E-state index contributed by atoms with van der Waals surface area (Å²) in [5.74, 6) is 1.42. The Morgan fingerprint density at radius 1 is 1.14 bits per heavy atom. The molecule has 0 radical (unpaired) electrons. The second kappa shape index (κ2) is 8.93. The number of nitrogens with zero attached hydrogens (tertiary/aromatic N) is 4. The van der Waals surface area contributed by atoms with Crippen molar-refractivity contribution in [2.24, 2.45) is 0 Å². The van der Waals surface area contributed by atoms with E-state index in [9.17, 15) is 13.2 Å². The van der Waals surface area contributed by atoms with Crippen molar-refractivity contribution in [3.63, 3.8) is 0 Å². The summed E-state index contributed by atoms with van der Waals surface area (Å²) in [4.78, 5) is 23.8. The molecule has 3 aromatic rings. The molecule has 1 aliphatic carbocycles. The number of aromatic nitrogens is 3. The summed E-state index contributed by atoms with van der Waals surface area (Å²) in [6, 6.07) is 10.0. The van der Waals surface area contributed by atoms with Gasteiger partial charge in [0.05, 0.1) is 24.9 Å². The van der Waals surface area contributed by atoms with Gasteiger partial charge in [-0.2, -0.15) is 0 Å². The van der Waals surface area contributed by atoms with Gasteiger partial charge in [-0.05, 0) is 44.0 Å². The maximum Gasteiger partial charge on any atom is 0.324 e. The summed E-state index contributed by atoms with van der Waals surface area (Å²) in [5, 5.41) is 8.91. The molecule has 2 N–H and O–H groups in total. The third-order valence-electron chi connectivity index (χ3n) is 6.34. The predicted molar refractivity (Wildman–Crippen MR) is 130 cm³/mol. The number of morpholine rings is 1. The first-order valence-electron chi connectivity index (χ1n) is 11.3. The fraction of sp³-hybridized carbons (Fsp3) is 0.391. The highest BCUT2D eigenvalue weighted by Crippen LogP contribution is 2.52. The van der Waals surface area contributed by atoms with Gasteiger partial charge in [0.2, 0.25) is 0 Å². The van der Waals surface area contributed by atoms with Gasteiger partial charge in [0.1, 0.15) is 16.8 Å². The van der Waals surface area contributed by atoms with E-state index in [1.54, 1.807) is 24.3 Å². The minimum atomic E-state index is -3.35. The lowest BCUT2D eigenvalue weighted by Gasteiger charge is -2.34. The summed E-state index contributed by atoms with van der Waals surface area (Å²) in [5.41, 5.74) is 1.79. The first-order valence-corrected chi connectivity index (χ1v) is 13.2. The summed E-state index contributed by atoms with van der Waals surface area (Å²) in [6.07, 6.45) is 3.72. The molecule has 2 fully saturated rings. The Balaban J connectivity index is 1.45. The number of carbonyl (C=O) groups is 1. The lowest BCUT2D eigenvalue weighted by atomic mass is 10.1. The molecule has 1 aromatic carbocycles. The van der Waals surface area contributed by atoms with E-state index in [1.165, 1.54) is 18.6 Å². The van der Waals surface area contributed by atoms with Crippen molar-refractivity contribution in [3.05, 3.63) is 48.4 Å². The third kappa shape index (κ3) is 4.71. The molecule has 35 heavy (non-hydrogen) atoms. The van der Waals surface area contributed by atoms with Crippen molar-refractivity contribution in [1.82, 2.24) is 15.1 Å². The molecular formula is C23H26N6O5S. The molecule has 1 saturated carbocycles. The van der Waals surface area contributed by atoms with E-state index < -0.39 is 20.6 Å². The molecule has 11 nitrogen and oxygen atoms in total. The lowest BCUT2D eigenvalue weighted by Crippen LogP contribution is -2.44. The summed E-state index contributed by atoms with van der Waals surface area (Å²) < 4.78 is 34.5. The first kappa shape index (κ1) is 23.2. The van der Waals surface area contributed by atoms with Crippen LogP contribution >= 0.6 is 0 Å². The van der Waals surface area contributed by atoms with Crippen LogP contribution in [0.15, 0.2) is 47.2 Å². The number of hydrogen-bond donors (Lipinski definition) is 2. The van der Waals surface area contributed by atoms with Gasteiger partial charge in [0, 0.05) is 36.2 Å². The van der Waals surface area contributed by atoms with Crippen LogP contribution in [0.4, 0.5) is 22.1 Å². The Bertz CT molecular complexity index is 1320. The minimum Gasteiger partial charge on any atom is -0.377 e. The molecule has 1 aliphatic heterocycles. The van der Waals surface area contributed by atoms with Crippen LogP contribution in [-0.2, 0) is 19.3 Å². The Morgan fingerprint density at radius 2 is 1.91 bits per heavy atom. The van der Waals surface area contributed by atoms with Crippen molar-refractivity contribution in [2.75, 3.05) is 41.5 Å². The molecule has 5 rings (SSSR count). The predicted octanol–water partition coefficient (Wildman–Crippen LogP) is 3.03. The van der Waals surface area contributed by atoms with Crippen LogP contribution in [0.1, 0.15) is 25.5 Å². The number of sulfone groups is 1. The molecule has 0 spiro atoms. The summed E-state index contributed by atoms with van der Waals surface area (Å²) >= 11 is 0. The third-order valence-corrected chi connectivity index (χ3v) is 8.37. The van der Waals surface area contributed by atoms with Crippen molar-refractivity contribution >= 4 is 33.2 Å². The van der Waals surface area contributed by atoms with Gasteiger partial charge in [-0.15, -0.1) is 0 Å². The highest BCUT2D eigenvalue weighted by atomic mass is 32.2. The van der Waals surface area contributed by atoms with E-state index in [0.717, 1.165) is 0 Å². The molecule has 12 heteroatoms. The zero-order valence-electron chi connectivity index (χ0n) is 19.4. The second-order valence-corrected chi connectivity index (χ2v) is 11.2. The van der Waals surface area contributed by atoms with Crippen LogP contribution in [-0.4, -0.2) is 61.6 Å². The number of hydrogen-bond acceptors (Lipinski definition) is 9. The number of rotatable bonds is 6. The average Bonchev–Trinajstić information content (AvgIpc) is 3.51. The van der Waals surface area contributed by atoms with Crippen molar-refractivity contribution in [2.45, 2.75) is 30.6 Å². The number of urea groups is 1. The molecule has 0 bridgehead atoms. The zero-order chi connectivity index (χ0) is 24.6. The quantitative estimate of drug-likeness (QED) is 0.525. The zero-order valence-corrected chi connectivity index (χ0v) is 20.2. The topological polar surface area (TPSA) is 140 Å². The van der Waals surface area contributed by atoms with Crippen molar-refractivity contribution in [1.29, 1.82) is 0 Å². The number of ether oxygens (including phenoxy) is 1. The fourth-order valence-corrected chi connectivity index (χ4v) is 5.53.